The van der Waals surface area contributed by atoms with Gasteiger partial charge in [-0.1, -0.05) is 23.8 Å². The standard InChI is InChI=1S/C18H26N2O2S.ClH/c1-13-5-6-14-7-9-19-12-15-4-3-8-20(23(2,21)22)17(15)11-18(19)16(14)10-13;/h5-6,10,15,17-18H,3-4,7-9,11-12H2,1-2H3;1H/t15-,17+,18-;/m1./s1. The predicted molar refractivity (Wildman–Crippen MR) is 99.1 cm³/mol. The van der Waals surface area contributed by atoms with Crippen molar-refractivity contribution >= 4 is 22.4 Å². The van der Waals surface area contributed by atoms with Crippen molar-refractivity contribution in [1.82, 2.24) is 9.21 Å². The van der Waals surface area contributed by atoms with Gasteiger partial charge >= 0.3 is 0 Å². The number of hydrogen-bond donors (Lipinski definition) is 0. The van der Waals surface area contributed by atoms with E-state index >= 15 is 0 Å². The van der Waals surface area contributed by atoms with E-state index in [9.17, 15) is 8.42 Å². The number of halogens is 1. The van der Waals surface area contributed by atoms with Gasteiger partial charge in [0, 0.05) is 31.7 Å². The van der Waals surface area contributed by atoms with Gasteiger partial charge in [-0.15, -0.1) is 12.4 Å². The fraction of sp³-hybridized carbons (Fsp3) is 0.667. The van der Waals surface area contributed by atoms with Crippen molar-refractivity contribution < 1.29 is 8.42 Å². The number of piperidine rings is 2. The van der Waals surface area contributed by atoms with E-state index in [2.05, 4.69) is 30.0 Å². The maximum absolute atomic E-state index is 12.2. The highest BCUT2D eigenvalue weighted by Crippen LogP contribution is 2.43. The summed E-state index contributed by atoms with van der Waals surface area (Å²) in [4.78, 5) is 2.61. The smallest absolute Gasteiger partial charge is 0.211 e. The molecule has 0 aromatic heterocycles. The SMILES string of the molecule is Cc1ccc2c(c1)[C@H]1C[C@H]3[C@H](CCCN3S(C)(=O)=O)CN1CC2.Cl. The zero-order valence-electron chi connectivity index (χ0n) is 14.4. The van der Waals surface area contributed by atoms with Crippen molar-refractivity contribution in [2.45, 2.75) is 44.7 Å². The van der Waals surface area contributed by atoms with Crippen LogP contribution in [0.15, 0.2) is 18.2 Å². The normalized spacial score (nSPS) is 30.7. The molecule has 0 saturated carbocycles. The number of hydrogen-bond acceptors (Lipinski definition) is 3. The summed E-state index contributed by atoms with van der Waals surface area (Å²) in [6.45, 7) is 5.01. The van der Waals surface area contributed by atoms with Crippen molar-refractivity contribution in [3.05, 3.63) is 34.9 Å². The fourth-order valence-electron chi connectivity index (χ4n) is 4.93. The summed E-state index contributed by atoms with van der Waals surface area (Å²) in [5.41, 5.74) is 4.20. The molecule has 6 heteroatoms. The number of sulfonamides is 1. The van der Waals surface area contributed by atoms with Crippen LogP contribution in [0, 0.1) is 12.8 Å². The highest BCUT2D eigenvalue weighted by Gasteiger charge is 2.44. The lowest BCUT2D eigenvalue weighted by molar-refractivity contribution is 0.0222. The molecule has 3 aliphatic heterocycles. The molecule has 3 atom stereocenters. The molecule has 1 aromatic carbocycles. The predicted octanol–water partition coefficient (Wildman–Crippen LogP) is 2.76. The van der Waals surface area contributed by atoms with E-state index in [1.807, 2.05) is 0 Å². The molecule has 0 amide bonds. The van der Waals surface area contributed by atoms with Crippen molar-refractivity contribution in [3.8, 4) is 0 Å². The van der Waals surface area contributed by atoms with Gasteiger partial charge in [-0.25, -0.2) is 8.42 Å². The highest BCUT2D eigenvalue weighted by molar-refractivity contribution is 7.88. The van der Waals surface area contributed by atoms with Gasteiger partial charge in [0.15, 0.2) is 0 Å². The third-order valence-corrected chi connectivity index (χ3v) is 7.30. The number of rotatable bonds is 1. The zero-order chi connectivity index (χ0) is 16.2. The summed E-state index contributed by atoms with van der Waals surface area (Å²) in [6.07, 6.45) is 5.62. The molecule has 0 aliphatic carbocycles. The first-order chi connectivity index (χ1) is 10.9. The van der Waals surface area contributed by atoms with Gasteiger partial charge in [0.2, 0.25) is 10.0 Å². The van der Waals surface area contributed by atoms with Crippen molar-refractivity contribution in [2.24, 2.45) is 5.92 Å². The quantitative estimate of drug-likeness (QED) is 0.763. The Kier molecular flexibility index (Phi) is 5.00. The van der Waals surface area contributed by atoms with Crippen LogP contribution in [-0.2, 0) is 16.4 Å². The molecule has 0 N–H and O–H groups in total. The van der Waals surface area contributed by atoms with E-state index in [0.29, 0.717) is 18.5 Å². The fourth-order valence-corrected chi connectivity index (χ4v) is 6.14. The molecular formula is C18H27ClN2O2S. The molecule has 0 spiro atoms. The second kappa shape index (κ2) is 6.60. The first-order valence-electron chi connectivity index (χ1n) is 8.74. The Morgan fingerprint density at radius 3 is 2.75 bits per heavy atom. The molecule has 24 heavy (non-hydrogen) atoms. The van der Waals surface area contributed by atoms with Gasteiger partial charge in [0.05, 0.1) is 6.26 Å². The van der Waals surface area contributed by atoms with Crippen LogP contribution in [0.1, 0.15) is 42.0 Å². The summed E-state index contributed by atoms with van der Waals surface area (Å²) in [7, 11) is -3.10. The number of aryl methyl sites for hydroxylation is 1. The van der Waals surface area contributed by atoms with Gasteiger partial charge in [-0.3, -0.25) is 4.90 Å². The number of nitrogens with zero attached hydrogens (tertiary/aromatic N) is 2. The van der Waals surface area contributed by atoms with Gasteiger partial charge in [-0.05, 0) is 49.7 Å². The van der Waals surface area contributed by atoms with E-state index in [4.69, 9.17) is 0 Å². The average Bonchev–Trinajstić information content (AvgIpc) is 2.51. The Hall–Kier alpha value is -0.620. The van der Waals surface area contributed by atoms with Crippen LogP contribution >= 0.6 is 12.4 Å². The third kappa shape index (κ3) is 3.12. The molecule has 134 valence electrons. The molecular weight excluding hydrogens is 344 g/mol. The van der Waals surface area contributed by atoms with Crippen molar-refractivity contribution in [1.29, 1.82) is 0 Å². The van der Waals surface area contributed by atoms with Crippen LogP contribution < -0.4 is 0 Å². The highest BCUT2D eigenvalue weighted by atomic mass is 35.5. The van der Waals surface area contributed by atoms with E-state index < -0.39 is 10.0 Å². The van der Waals surface area contributed by atoms with Crippen molar-refractivity contribution in [3.63, 3.8) is 0 Å². The Morgan fingerprint density at radius 1 is 1.21 bits per heavy atom. The monoisotopic (exact) mass is 370 g/mol. The molecule has 3 aliphatic rings. The van der Waals surface area contributed by atoms with Gasteiger partial charge in [-0.2, -0.15) is 4.31 Å². The van der Waals surface area contributed by atoms with Crippen LogP contribution in [0.5, 0.6) is 0 Å². The second-order valence-electron chi connectivity index (χ2n) is 7.54. The van der Waals surface area contributed by atoms with Crippen LogP contribution in [0.3, 0.4) is 0 Å². The van der Waals surface area contributed by atoms with Crippen LogP contribution in [0.25, 0.3) is 0 Å². The summed E-state index contributed by atoms with van der Waals surface area (Å²) < 4.78 is 26.2. The minimum atomic E-state index is -3.10. The Balaban J connectivity index is 0.00000169. The zero-order valence-corrected chi connectivity index (χ0v) is 16.1. The van der Waals surface area contributed by atoms with Gasteiger partial charge in [0.1, 0.15) is 0 Å². The van der Waals surface area contributed by atoms with E-state index in [1.54, 1.807) is 4.31 Å². The molecule has 0 unspecified atom stereocenters. The van der Waals surface area contributed by atoms with Gasteiger partial charge < -0.3 is 0 Å². The summed E-state index contributed by atoms with van der Waals surface area (Å²) in [6, 6.07) is 7.36. The van der Waals surface area contributed by atoms with Crippen LogP contribution in [0.2, 0.25) is 0 Å². The van der Waals surface area contributed by atoms with E-state index in [1.165, 1.54) is 29.4 Å². The molecule has 2 fully saturated rings. The second-order valence-corrected chi connectivity index (χ2v) is 9.48. The maximum Gasteiger partial charge on any atom is 0.211 e. The van der Waals surface area contributed by atoms with Crippen molar-refractivity contribution in [2.75, 3.05) is 25.9 Å². The maximum atomic E-state index is 12.2. The molecule has 3 heterocycles. The lowest BCUT2D eigenvalue weighted by Gasteiger charge is -2.51. The molecule has 4 nitrogen and oxygen atoms in total. The largest absolute Gasteiger partial charge is 0.296 e. The summed E-state index contributed by atoms with van der Waals surface area (Å²) in [5.74, 6) is 0.501. The molecule has 4 rings (SSSR count). The molecule has 0 radical (unpaired) electrons. The Morgan fingerprint density at radius 2 is 2.00 bits per heavy atom. The molecule has 0 bridgehead atoms. The third-order valence-electron chi connectivity index (χ3n) is 6.00. The lowest BCUT2D eigenvalue weighted by Crippen LogP contribution is -2.57. The topological polar surface area (TPSA) is 40.6 Å². The first kappa shape index (κ1) is 18.2. The minimum Gasteiger partial charge on any atom is -0.296 e. The minimum absolute atomic E-state index is 0. The lowest BCUT2D eigenvalue weighted by atomic mass is 9.77. The number of benzene rings is 1. The summed E-state index contributed by atoms with van der Waals surface area (Å²) in [5, 5.41) is 0. The van der Waals surface area contributed by atoms with Crippen LogP contribution in [-0.4, -0.2) is 49.6 Å². The van der Waals surface area contributed by atoms with E-state index in [0.717, 1.165) is 32.4 Å². The molecule has 2 saturated heterocycles. The average molecular weight is 371 g/mol. The van der Waals surface area contributed by atoms with Crippen LogP contribution in [0.4, 0.5) is 0 Å². The molecule has 1 aromatic rings. The van der Waals surface area contributed by atoms with E-state index in [-0.39, 0.29) is 18.4 Å². The Labute approximate surface area is 151 Å². The summed E-state index contributed by atoms with van der Waals surface area (Å²) >= 11 is 0. The number of fused-ring (bicyclic) bond motifs is 4. The first-order valence-corrected chi connectivity index (χ1v) is 10.6. The Bertz CT molecular complexity index is 722. The van der Waals surface area contributed by atoms with Gasteiger partial charge in [0.25, 0.3) is 0 Å².